The summed E-state index contributed by atoms with van der Waals surface area (Å²) in [5.74, 6) is 1.04. The van der Waals surface area contributed by atoms with E-state index >= 15 is 0 Å². The second-order valence-corrected chi connectivity index (χ2v) is 6.13. The molecule has 0 spiro atoms. The molecular weight excluding hydrogens is 308 g/mol. The molecule has 0 saturated carbocycles. The number of hydrogen-bond donors (Lipinski definition) is 1. The number of nitro groups is 1. The van der Waals surface area contributed by atoms with Gasteiger partial charge in [-0.1, -0.05) is 18.2 Å². The van der Waals surface area contributed by atoms with Crippen LogP contribution in [0.15, 0.2) is 36.4 Å². The molecule has 24 heavy (non-hydrogen) atoms. The van der Waals surface area contributed by atoms with E-state index in [0.29, 0.717) is 11.5 Å². The Bertz CT molecular complexity index is 791. The van der Waals surface area contributed by atoms with Gasteiger partial charge in [0, 0.05) is 17.2 Å². The summed E-state index contributed by atoms with van der Waals surface area (Å²) in [6.45, 7) is 1.03. The summed E-state index contributed by atoms with van der Waals surface area (Å²) in [6.07, 6.45) is 2.09. The number of anilines is 1. The summed E-state index contributed by atoms with van der Waals surface area (Å²) >= 11 is 0. The maximum absolute atomic E-state index is 11.2. The summed E-state index contributed by atoms with van der Waals surface area (Å²) in [6, 6.07) is 11.7. The van der Waals surface area contributed by atoms with E-state index < -0.39 is 0 Å². The average molecular weight is 326 g/mol. The van der Waals surface area contributed by atoms with Crippen LogP contribution in [-0.2, 0) is 6.42 Å². The summed E-state index contributed by atoms with van der Waals surface area (Å²) in [5.41, 5.74) is 4.20. The molecule has 2 aromatic rings. The van der Waals surface area contributed by atoms with Gasteiger partial charge < -0.3 is 14.8 Å². The Hall–Kier alpha value is -2.76. The van der Waals surface area contributed by atoms with Crippen LogP contribution in [-0.4, -0.2) is 24.8 Å². The van der Waals surface area contributed by atoms with Crippen molar-refractivity contribution in [2.24, 2.45) is 0 Å². The van der Waals surface area contributed by atoms with E-state index in [0.717, 1.165) is 36.2 Å². The lowest BCUT2D eigenvalue weighted by Gasteiger charge is -2.21. The van der Waals surface area contributed by atoms with E-state index in [4.69, 9.17) is 9.47 Å². The molecule has 2 heterocycles. The van der Waals surface area contributed by atoms with Gasteiger partial charge in [0.05, 0.1) is 5.92 Å². The molecule has 0 aliphatic carbocycles. The predicted molar refractivity (Wildman–Crippen MR) is 89.5 cm³/mol. The number of rotatable bonds is 4. The Labute approximate surface area is 139 Å². The molecule has 1 N–H and O–H groups in total. The first-order valence-corrected chi connectivity index (χ1v) is 8.09. The molecule has 124 valence electrons. The minimum absolute atomic E-state index is 0.147. The third-order valence-electron chi connectivity index (χ3n) is 4.60. The molecule has 0 amide bonds. The fourth-order valence-corrected chi connectivity index (χ4v) is 3.39. The Morgan fingerprint density at radius 3 is 2.79 bits per heavy atom. The predicted octanol–water partition coefficient (Wildman–Crippen LogP) is 3.18. The van der Waals surface area contributed by atoms with Crippen molar-refractivity contribution in [2.75, 3.05) is 25.2 Å². The van der Waals surface area contributed by atoms with Gasteiger partial charge in [-0.3, -0.25) is 10.1 Å². The quantitative estimate of drug-likeness (QED) is 0.690. The Morgan fingerprint density at radius 1 is 1.12 bits per heavy atom. The van der Waals surface area contributed by atoms with E-state index in [1.54, 1.807) is 0 Å². The lowest BCUT2D eigenvalue weighted by Crippen LogP contribution is -2.16. The summed E-state index contributed by atoms with van der Waals surface area (Å²) in [5, 5.41) is 14.6. The van der Waals surface area contributed by atoms with Crippen LogP contribution in [0.25, 0.3) is 0 Å². The Kier molecular flexibility index (Phi) is 3.72. The monoisotopic (exact) mass is 326 g/mol. The highest BCUT2D eigenvalue weighted by Gasteiger charge is 2.24. The van der Waals surface area contributed by atoms with Crippen LogP contribution in [0.2, 0.25) is 0 Å². The summed E-state index contributed by atoms with van der Waals surface area (Å²) in [4.78, 5) is 11.0. The lowest BCUT2D eigenvalue weighted by molar-refractivity contribution is -0.481. The molecule has 4 rings (SSSR count). The zero-order valence-electron chi connectivity index (χ0n) is 13.2. The van der Waals surface area contributed by atoms with Crippen molar-refractivity contribution in [2.45, 2.75) is 18.8 Å². The highest BCUT2D eigenvalue weighted by atomic mass is 16.7. The fraction of sp³-hybridized carbons (Fsp3) is 0.333. The molecule has 0 bridgehead atoms. The lowest BCUT2D eigenvalue weighted by atomic mass is 9.88. The number of aryl methyl sites for hydroxylation is 1. The van der Waals surface area contributed by atoms with Gasteiger partial charge in [-0.25, -0.2) is 0 Å². The van der Waals surface area contributed by atoms with Crippen LogP contribution in [0.5, 0.6) is 11.5 Å². The number of hydrogen-bond acceptors (Lipinski definition) is 5. The van der Waals surface area contributed by atoms with Crippen molar-refractivity contribution in [3.05, 3.63) is 63.2 Å². The molecule has 2 aliphatic rings. The number of fused-ring (bicyclic) bond motifs is 2. The molecular formula is C18H18N2O4. The second kappa shape index (κ2) is 6.03. The standard InChI is InChI=1S/C18H18N2O4/c21-20(22)10-15(13-4-6-17-18(9-13)24-11-23-17)12-3-5-16-14(8-12)2-1-7-19-16/h3-6,8-9,15,19H,1-2,7,10-11H2/t15-/m1/s1. The first kappa shape index (κ1) is 14.8. The minimum atomic E-state index is -0.304. The van der Waals surface area contributed by atoms with Crippen molar-refractivity contribution < 1.29 is 14.4 Å². The zero-order valence-corrected chi connectivity index (χ0v) is 13.2. The van der Waals surface area contributed by atoms with Gasteiger partial charge in [0.15, 0.2) is 11.5 Å². The second-order valence-electron chi connectivity index (χ2n) is 6.13. The van der Waals surface area contributed by atoms with E-state index in [2.05, 4.69) is 11.4 Å². The summed E-state index contributed by atoms with van der Waals surface area (Å²) in [7, 11) is 0. The molecule has 1 atom stereocenters. The van der Waals surface area contributed by atoms with Crippen LogP contribution in [0.1, 0.15) is 29.0 Å². The van der Waals surface area contributed by atoms with E-state index in [1.807, 2.05) is 30.3 Å². The van der Waals surface area contributed by atoms with Gasteiger partial charge in [0.1, 0.15) is 0 Å². The summed E-state index contributed by atoms with van der Waals surface area (Å²) < 4.78 is 10.7. The van der Waals surface area contributed by atoms with Crippen LogP contribution in [0.4, 0.5) is 5.69 Å². The number of nitrogens with zero attached hydrogens (tertiary/aromatic N) is 1. The van der Waals surface area contributed by atoms with Crippen LogP contribution >= 0.6 is 0 Å². The van der Waals surface area contributed by atoms with Crippen molar-refractivity contribution in [1.82, 2.24) is 0 Å². The highest BCUT2D eigenvalue weighted by molar-refractivity contribution is 5.56. The van der Waals surface area contributed by atoms with Crippen molar-refractivity contribution in [3.8, 4) is 11.5 Å². The maximum Gasteiger partial charge on any atom is 0.231 e. The van der Waals surface area contributed by atoms with Crippen molar-refractivity contribution in [1.29, 1.82) is 0 Å². The van der Waals surface area contributed by atoms with Crippen molar-refractivity contribution in [3.63, 3.8) is 0 Å². The van der Waals surface area contributed by atoms with Crippen molar-refractivity contribution >= 4 is 5.69 Å². The van der Waals surface area contributed by atoms with Gasteiger partial charge >= 0.3 is 0 Å². The molecule has 2 aliphatic heterocycles. The van der Waals surface area contributed by atoms with Gasteiger partial charge in [-0.05, 0) is 47.7 Å². The van der Waals surface area contributed by atoms with Gasteiger partial charge in [-0.2, -0.15) is 0 Å². The molecule has 0 radical (unpaired) electrons. The van der Waals surface area contributed by atoms with Gasteiger partial charge in [0.2, 0.25) is 13.3 Å². The molecule has 6 heteroatoms. The van der Waals surface area contributed by atoms with Crippen LogP contribution < -0.4 is 14.8 Å². The first-order chi connectivity index (χ1) is 11.7. The highest BCUT2D eigenvalue weighted by Crippen LogP contribution is 2.37. The Balaban J connectivity index is 1.73. The molecule has 0 saturated heterocycles. The SMILES string of the molecule is O=[N+]([O-])C[C@H](c1ccc2c(c1)CCCN2)c1ccc2c(c1)OCO2. The molecule has 0 fully saturated rings. The smallest absolute Gasteiger partial charge is 0.231 e. The zero-order chi connectivity index (χ0) is 16.5. The third kappa shape index (κ3) is 2.75. The number of nitrogens with one attached hydrogen (secondary N) is 1. The van der Waals surface area contributed by atoms with Crippen LogP contribution in [0, 0.1) is 10.1 Å². The van der Waals surface area contributed by atoms with Gasteiger partial charge in [0.25, 0.3) is 0 Å². The molecule has 6 nitrogen and oxygen atoms in total. The maximum atomic E-state index is 11.2. The van der Waals surface area contributed by atoms with E-state index in [9.17, 15) is 10.1 Å². The number of ether oxygens (including phenoxy) is 2. The van der Waals surface area contributed by atoms with E-state index in [-0.39, 0.29) is 24.2 Å². The third-order valence-corrected chi connectivity index (χ3v) is 4.60. The molecule has 0 unspecified atom stereocenters. The topological polar surface area (TPSA) is 73.6 Å². The average Bonchev–Trinajstić information content (AvgIpc) is 3.07. The minimum Gasteiger partial charge on any atom is -0.454 e. The normalized spacial score (nSPS) is 16.2. The molecule has 0 aromatic heterocycles. The van der Waals surface area contributed by atoms with Gasteiger partial charge in [-0.15, -0.1) is 0 Å². The first-order valence-electron chi connectivity index (χ1n) is 8.09. The van der Waals surface area contributed by atoms with Crippen LogP contribution in [0.3, 0.4) is 0 Å². The Morgan fingerprint density at radius 2 is 1.92 bits per heavy atom. The molecule has 2 aromatic carbocycles. The fourth-order valence-electron chi connectivity index (χ4n) is 3.39. The number of benzene rings is 2. The van der Waals surface area contributed by atoms with E-state index in [1.165, 1.54) is 5.56 Å². The largest absolute Gasteiger partial charge is 0.454 e.